The highest BCUT2D eigenvalue weighted by molar-refractivity contribution is 5.85. The summed E-state index contributed by atoms with van der Waals surface area (Å²) in [5.74, 6) is 0.787. The maximum atomic E-state index is 12.3. The van der Waals surface area contributed by atoms with E-state index in [1.807, 2.05) is 0 Å². The van der Waals surface area contributed by atoms with Gasteiger partial charge in [0.05, 0.1) is 0 Å². The Morgan fingerprint density at radius 1 is 0.931 bits per heavy atom. The number of likely N-dealkylation sites (tertiary alicyclic amines) is 1. The molecule has 29 heavy (non-hydrogen) atoms. The van der Waals surface area contributed by atoms with Gasteiger partial charge in [0, 0.05) is 31.6 Å². The fourth-order valence-corrected chi connectivity index (χ4v) is 5.19. The second kappa shape index (κ2) is 12.1. The zero-order valence-corrected chi connectivity index (χ0v) is 19.0. The van der Waals surface area contributed by atoms with Crippen molar-refractivity contribution in [3.8, 4) is 0 Å². The molecule has 3 aliphatic rings. The van der Waals surface area contributed by atoms with Crippen molar-refractivity contribution < 1.29 is 4.79 Å². The van der Waals surface area contributed by atoms with Gasteiger partial charge in [-0.3, -0.25) is 9.69 Å². The molecule has 4 nitrogen and oxygen atoms in total. The lowest BCUT2D eigenvalue weighted by Crippen LogP contribution is -2.39. The number of hydrogen-bond donors (Lipinski definition) is 2. The van der Waals surface area contributed by atoms with Crippen LogP contribution in [-0.4, -0.2) is 36.0 Å². The first-order chi connectivity index (χ1) is 13.2. The van der Waals surface area contributed by atoms with Crippen LogP contribution in [0.4, 0.5) is 0 Å². The molecule has 0 saturated carbocycles. The Kier molecular flexibility index (Phi) is 10.2. The van der Waals surface area contributed by atoms with Crippen molar-refractivity contribution in [1.29, 1.82) is 0 Å². The minimum atomic E-state index is 0. The second-order valence-corrected chi connectivity index (χ2v) is 8.96. The van der Waals surface area contributed by atoms with Crippen LogP contribution in [-0.2, 0) is 17.9 Å². The number of amides is 1. The molecular weight excluding hydrogens is 405 g/mol. The maximum Gasteiger partial charge on any atom is 0.220 e. The van der Waals surface area contributed by atoms with Crippen LogP contribution >= 0.6 is 24.8 Å². The number of nitrogens with one attached hydrogen (secondary N) is 2. The molecule has 3 aliphatic heterocycles. The van der Waals surface area contributed by atoms with Crippen molar-refractivity contribution in [3.63, 3.8) is 0 Å². The second-order valence-electron chi connectivity index (χ2n) is 8.96. The van der Waals surface area contributed by atoms with Crippen LogP contribution in [0.5, 0.6) is 0 Å². The van der Waals surface area contributed by atoms with E-state index in [-0.39, 0.29) is 30.7 Å². The fraction of sp³-hybridized carbons (Fsp3) is 0.696. The number of fused-ring (bicyclic) bond motifs is 2. The minimum Gasteiger partial charge on any atom is -0.352 e. The molecule has 6 heteroatoms. The lowest BCUT2D eigenvalue weighted by molar-refractivity contribution is -0.122. The molecule has 3 fully saturated rings. The summed E-state index contributed by atoms with van der Waals surface area (Å²) in [4.78, 5) is 14.9. The molecule has 1 aromatic carbocycles. The number of hydrogen-bond acceptors (Lipinski definition) is 3. The van der Waals surface area contributed by atoms with Crippen LogP contribution in [0.2, 0.25) is 0 Å². The average molecular weight is 442 g/mol. The van der Waals surface area contributed by atoms with Gasteiger partial charge < -0.3 is 10.6 Å². The lowest BCUT2D eigenvalue weighted by Gasteiger charge is -2.28. The molecule has 3 heterocycles. The van der Waals surface area contributed by atoms with Gasteiger partial charge in [0.15, 0.2) is 0 Å². The van der Waals surface area contributed by atoms with Crippen LogP contribution in [0.15, 0.2) is 24.3 Å². The van der Waals surface area contributed by atoms with E-state index in [2.05, 4.69) is 39.8 Å². The Morgan fingerprint density at radius 3 is 2.14 bits per heavy atom. The number of piperidine rings is 1. The monoisotopic (exact) mass is 441 g/mol. The molecule has 0 radical (unpaired) electrons. The molecular formula is C23H37Cl2N3O. The molecule has 2 atom stereocenters. The van der Waals surface area contributed by atoms with Crippen molar-refractivity contribution in [1.82, 2.24) is 15.5 Å². The van der Waals surface area contributed by atoms with Gasteiger partial charge in [0.1, 0.15) is 0 Å². The van der Waals surface area contributed by atoms with Crippen molar-refractivity contribution in [3.05, 3.63) is 35.4 Å². The number of nitrogens with zero attached hydrogens (tertiary/aromatic N) is 1. The number of rotatable bonds is 6. The van der Waals surface area contributed by atoms with E-state index in [0.29, 0.717) is 31.0 Å². The van der Waals surface area contributed by atoms with E-state index in [1.54, 1.807) is 0 Å². The van der Waals surface area contributed by atoms with Gasteiger partial charge in [-0.1, -0.05) is 37.1 Å². The summed E-state index contributed by atoms with van der Waals surface area (Å²) in [6.07, 6.45) is 11.1. The maximum absolute atomic E-state index is 12.3. The van der Waals surface area contributed by atoms with Gasteiger partial charge in [-0.25, -0.2) is 0 Å². The number of benzene rings is 1. The summed E-state index contributed by atoms with van der Waals surface area (Å²) >= 11 is 0. The van der Waals surface area contributed by atoms with Gasteiger partial charge in [-0.15, -0.1) is 24.8 Å². The summed E-state index contributed by atoms with van der Waals surface area (Å²) in [7, 11) is 0. The average Bonchev–Trinajstić information content (AvgIpc) is 2.85. The Morgan fingerprint density at radius 2 is 1.52 bits per heavy atom. The molecule has 4 rings (SSSR count). The van der Waals surface area contributed by atoms with Crippen LogP contribution in [0.25, 0.3) is 0 Å². The Bertz CT molecular complexity index is 605. The third kappa shape index (κ3) is 7.43. The Hall–Kier alpha value is -0.810. The van der Waals surface area contributed by atoms with Crippen LogP contribution in [0.1, 0.15) is 68.9 Å². The summed E-state index contributed by atoms with van der Waals surface area (Å²) < 4.78 is 0. The van der Waals surface area contributed by atoms with E-state index >= 15 is 0 Å². The molecule has 1 amide bonds. The number of halogens is 2. The van der Waals surface area contributed by atoms with Gasteiger partial charge >= 0.3 is 0 Å². The standard InChI is InChI=1S/C23H35N3O.2ClH/c27-23(15-20-13-21-9-10-22(14-20)25-21)24-16-18-5-7-19(8-6-18)17-26-11-3-1-2-4-12-26;;/h5-8,20-22,25H,1-4,9-17H2,(H,24,27);2*1H. The van der Waals surface area contributed by atoms with E-state index in [1.165, 1.54) is 75.6 Å². The molecule has 2 N–H and O–H groups in total. The smallest absolute Gasteiger partial charge is 0.220 e. The van der Waals surface area contributed by atoms with Crippen molar-refractivity contribution >= 4 is 30.7 Å². The number of carbonyl (C=O) groups is 1. The van der Waals surface area contributed by atoms with E-state index in [4.69, 9.17) is 0 Å². The summed E-state index contributed by atoms with van der Waals surface area (Å²) in [5, 5.41) is 6.79. The first-order valence-corrected chi connectivity index (χ1v) is 11.1. The predicted octanol–water partition coefficient (Wildman–Crippen LogP) is 4.44. The summed E-state index contributed by atoms with van der Waals surface area (Å²) in [6.45, 7) is 4.18. The van der Waals surface area contributed by atoms with Gasteiger partial charge in [0.25, 0.3) is 0 Å². The molecule has 164 valence electrons. The van der Waals surface area contributed by atoms with Crippen LogP contribution < -0.4 is 10.6 Å². The zero-order chi connectivity index (χ0) is 18.5. The van der Waals surface area contributed by atoms with Crippen molar-refractivity contribution in [2.24, 2.45) is 5.92 Å². The van der Waals surface area contributed by atoms with E-state index in [0.717, 1.165) is 6.54 Å². The summed E-state index contributed by atoms with van der Waals surface area (Å²) in [6, 6.07) is 10.2. The SMILES string of the molecule is Cl.Cl.O=C(CC1CC2CCC(C1)N2)NCc1ccc(CN2CCCCCC2)cc1. The van der Waals surface area contributed by atoms with Gasteiger partial charge in [-0.2, -0.15) is 0 Å². The molecule has 1 aromatic rings. The Labute approximate surface area is 188 Å². The highest BCUT2D eigenvalue weighted by Gasteiger charge is 2.34. The third-order valence-corrected chi connectivity index (χ3v) is 6.66. The quantitative estimate of drug-likeness (QED) is 0.685. The molecule has 2 unspecified atom stereocenters. The van der Waals surface area contributed by atoms with E-state index < -0.39 is 0 Å². The highest BCUT2D eigenvalue weighted by atomic mass is 35.5. The summed E-state index contributed by atoms with van der Waals surface area (Å²) in [5.41, 5.74) is 2.59. The van der Waals surface area contributed by atoms with Gasteiger partial charge in [-0.05, 0) is 68.7 Å². The minimum absolute atomic E-state index is 0. The normalized spacial score (nSPS) is 26.7. The van der Waals surface area contributed by atoms with Crippen molar-refractivity contribution in [2.75, 3.05) is 13.1 Å². The molecule has 2 bridgehead atoms. The highest BCUT2D eigenvalue weighted by Crippen LogP contribution is 2.32. The molecule has 3 saturated heterocycles. The molecule has 0 spiro atoms. The largest absolute Gasteiger partial charge is 0.352 e. The molecule has 0 aromatic heterocycles. The number of carbonyl (C=O) groups excluding carboxylic acids is 1. The van der Waals surface area contributed by atoms with Gasteiger partial charge in [0.2, 0.25) is 5.91 Å². The first-order valence-electron chi connectivity index (χ1n) is 11.1. The third-order valence-electron chi connectivity index (χ3n) is 6.66. The topological polar surface area (TPSA) is 44.4 Å². The lowest BCUT2D eigenvalue weighted by atomic mass is 9.89. The Balaban J connectivity index is 0.00000150. The van der Waals surface area contributed by atoms with E-state index in [9.17, 15) is 4.79 Å². The zero-order valence-electron chi connectivity index (χ0n) is 17.4. The van der Waals surface area contributed by atoms with Crippen LogP contribution in [0, 0.1) is 5.92 Å². The van der Waals surface area contributed by atoms with Crippen molar-refractivity contribution in [2.45, 2.75) is 83.0 Å². The molecule has 0 aliphatic carbocycles. The predicted molar refractivity (Wildman–Crippen MR) is 124 cm³/mol. The fourth-order valence-electron chi connectivity index (χ4n) is 5.19. The first kappa shape index (κ1) is 24.5. The van der Waals surface area contributed by atoms with Crippen LogP contribution in [0.3, 0.4) is 0 Å².